The number of anilines is 2. The van der Waals surface area contributed by atoms with Gasteiger partial charge in [-0.3, -0.25) is 14.4 Å². The Hall–Kier alpha value is -7.26. The summed E-state index contributed by atoms with van der Waals surface area (Å²) >= 11 is 0. The smallest absolute Gasteiger partial charge is 0.235 e. The molecule has 21 nitrogen and oxygen atoms in total. The van der Waals surface area contributed by atoms with Crippen molar-refractivity contribution in [3.05, 3.63) is 57.5 Å². The summed E-state index contributed by atoms with van der Waals surface area (Å²) in [6.07, 6.45) is 2.56. The van der Waals surface area contributed by atoms with E-state index in [0.29, 0.717) is 0 Å². The molecule has 21 heteroatoms. The quantitative estimate of drug-likeness (QED) is 0.0639. The van der Waals surface area contributed by atoms with E-state index in [2.05, 4.69) is 50.7 Å². The Kier molecular flexibility index (Phi) is 8.69. The second kappa shape index (κ2) is 12.9. The number of Topliss-reactive ketones (excluding diaryl/α,β-unsaturated/α-hetero) is 2. The van der Waals surface area contributed by atoms with Crippen LogP contribution in [0.2, 0.25) is 0 Å². The number of nitrogens with two attached hydrogens (primary N) is 2. The van der Waals surface area contributed by atoms with Crippen molar-refractivity contribution in [2.45, 2.75) is 20.8 Å². The van der Waals surface area contributed by atoms with E-state index in [4.69, 9.17) is 18.0 Å². The van der Waals surface area contributed by atoms with Crippen molar-refractivity contribution in [2.75, 3.05) is 18.1 Å². The van der Waals surface area contributed by atoms with Gasteiger partial charge in [-0.15, -0.1) is 20.5 Å². The molecule has 5 rings (SSSR count). The molecule has 5 N–H and O–H groups in total. The van der Waals surface area contributed by atoms with Gasteiger partial charge >= 0.3 is 0 Å². The molecule has 0 aromatic carbocycles. The van der Waals surface area contributed by atoms with Crippen LogP contribution in [0.25, 0.3) is 16.5 Å². The molecule has 0 bridgehead atoms. The largest absolute Gasteiger partial charge is 0.388 e. The number of aryl methyl sites for hydroxylation is 4. The van der Waals surface area contributed by atoms with E-state index in [0.717, 1.165) is 9.36 Å². The van der Waals surface area contributed by atoms with Crippen LogP contribution in [-0.2, 0) is 18.9 Å². The number of aromatic nitrogens is 9. The fourth-order valence-electron chi connectivity index (χ4n) is 4.69. The van der Waals surface area contributed by atoms with Crippen LogP contribution in [0.3, 0.4) is 0 Å². The van der Waals surface area contributed by atoms with Crippen LogP contribution in [0, 0.1) is 38.7 Å². The van der Waals surface area contributed by atoms with E-state index in [1.54, 1.807) is 13.8 Å². The van der Waals surface area contributed by atoms with E-state index in [1.807, 2.05) is 6.07 Å². The lowest BCUT2D eigenvalue weighted by Crippen LogP contribution is -2.12. The van der Waals surface area contributed by atoms with Gasteiger partial charge in [0.05, 0.1) is 47.0 Å². The number of azo groups is 2. The van der Waals surface area contributed by atoms with E-state index in [9.17, 15) is 24.8 Å². The summed E-state index contributed by atoms with van der Waals surface area (Å²) in [7, 11) is 3.04. The minimum absolute atomic E-state index is 0.00359. The molecular weight excluding hydrogens is 638 g/mol. The van der Waals surface area contributed by atoms with Gasteiger partial charge < -0.3 is 16.6 Å². The topological polar surface area (TPSA) is 285 Å². The number of aliphatic hydroxyl groups is 1. The van der Waals surface area contributed by atoms with Crippen molar-refractivity contribution >= 4 is 58.2 Å². The predicted molar refractivity (Wildman–Crippen MR) is 169 cm³/mol. The van der Waals surface area contributed by atoms with Crippen LogP contribution in [0.5, 0.6) is 0 Å². The molecule has 0 saturated heterocycles. The number of pyridine rings is 1. The second-order valence-electron chi connectivity index (χ2n) is 10.3. The number of carbonyl (C=O) groups is 3. The van der Waals surface area contributed by atoms with Gasteiger partial charge in [0, 0.05) is 14.1 Å². The average Bonchev–Trinajstić information content (AvgIpc) is 3.81. The molecule has 5 heterocycles. The lowest BCUT2D eigenvalue weighted by molar-refractivity contribution is -0.104. The van der Waals surface area contributed by atoms with Crippen LogP contribution in [0.4, 0.5) is 40.3 Å². The molecule has 5 aromatic rings. The average molecular weight is 664 g/mol. The maximum absolute atomic E-state index is 12.1. The third-order valence-electron chi connectivity index (χ3n) is 7.25. The lowest BCUT2D eigenvalue weighted by atomic mass is 10.1. The number of ketones is 2. The van der Waals surface area contributed by atoms with Crippen molar-refractivity contribution in [1.29, 1.82) is 5.26 Å². The van der Waals surface area contributed by atoms with Gasteiger partial charge in [-0.1, -0.05) is 0 Å². The minimum Gasteiger partial charge on any atom is -0.388 e. The number of aliphatic hydroxyl groups excluding tert-OH is 1. The molecule has 5 aromatic heterocycles. The molecule has 0 atom stereocenters. The van der Waals surface area contributed by atoms with Gasteiger partial charge in [-0.25, -0.2) is 23.9 Å². The molecule has 0 amide bonds. The molecule has 49 heavy (non-hydrogen) atoms. The molecule has 0 spiro atoms. The summed E-state index contributed by atoms with van der Waals surface area (Å²) in [5.74, 6) is -1.74. The summed E-state index contributed by atoms with van der Waals surface area (Å²) in [6, 6.07) is 2.05. The molecule has 0 aliphatic carbocycles. The van der Waals surface area contributed by atoms with Gasteiger partial charge in [0.1, 0.15) is 12.7 Å². The number of carbonyl (C=O) groups excluding carboxylic acids is 3. The molecule has 0 fully saturated rings. The Balaban J connectivity index is 1.64. The van der Waals surface area contributed by atoms with E-state index < -0.39 is 18.2 Å². The maximum atomic E-state index is 12.1. The van der Waals surface area contributed by atoms with Gasteiger partial charge in [0.15, 0.2) is 58.4 Å². The van der Waals surface area contributed by atoms with Crippen molar-refractivity contribution in [1.82, 2.24) is 44.1 Å². The van der Waals surface area contributed by atoms with Crippen LogP contribution < -0.4 is 11.5 Å². The SMILES string of the molecule is [C-]#[N+]c1c(-n2nc(C)c(N=Nc3c(C(=O)CO)cnn3C)c2N)nc(-n2nc(C)c(N=Nc3c(C(=O)C=O)cnn3C)c2N)c(C#N)c1C. The Bertz CT molecular complexity index is 2340. The number of rotatable bonds is 10. The zero-order chi connectivity index (χ0) is 35.7. The van der Waals surface area contributed by atoms with Crippen LogP contribution in [0.15, 0.2) is 32.9 Å². The summed E-state index contributed by atoms with van der Waals surface area (Å²) in [6.45, 7) is 11.8. The Labute approximate surface area is 275 Å². The normalized spacial score (nSPS) is 11.3. The molecule has 0 unspecified atom stereocenters. The van der Waals surface area contributed by atoms with E-state index in [-0.39, 0.29) is 91.9 Å². The third kappa shape index (κ3) is 5.57. The number of nitrogen functional groups attached to an aromatic ring is 2. The first-order valence-electron chi connectivity index (χ1n) is 13.9. The van der Waals surface area contributed by atoms with Crippen LogP contribution in [-0.4, -0.2) is 73.7 Å². The molecule has 0 aliphatic heterocycles. The number of hydrogen-bond donors (Lipinski definition) is 3. The fraction of sp³-hybridized carbons (Fsp3) is 0.214. The Morgan fingerprint density at radius 1 is 0.939 bits per heavy atom. The fourth-order valence-corrected chi connectivity index (χ4v) is 4.69. The van der Waals surface area contributed by atoms with Crippen molar-refractivity contribution in [3.8, 4) is 17.7 Å². The molecule has 246 valence electrons. The Morgan fingerprint density at radius 3 is 1.94 bits per heavy atom. The van der Waals surface area contributed by atoms with Crippen molar-refractivity contribution in [2.24, 2.45) is 34.6 Å². The number of hydrogen-bond acceptors (Lipinski definition) is 16. The van der Waals surface area contributed by atoms with Crippen molar-refractivity contribution < 1.29 is 19.5 Å². The summed E-state index contributed by atoms with van der Waals surface area (Å²) in [4.78, 5) is 43.4. The maximum Gasteiger partial charge on any atom is 0.235 e. The first-order valence-corrected chi connectivity index (χ1v) is 13.9. The first kappa shape index (κ1) is 33.1. The van der Waals surface area contributed by atoms with Gasteiger partial charge in [0.2, 0.25) is 11.5 Å². The Morgan fingerprint density at radius 2 is 1.45 bits per heavy atom. The second-order valence-corrected chi connectivity index (χ2v) is 10.3. The highest BCUT2D eigenvalue weighted by molar-refractivity contribution is 6.34. The number of aldehydes is 1. The summed E-state index contributed by atoms with van der Waals surface area (Å²) < 4.78 is 4.84. The highest BCUT2D eigenvalue weighted by Crippen LogP contribution is 2.38. The molecule has 0 saturated carbocycles. The summed E-state index contributed by atoms with van der Waals surface area (Å²) in [5.41, 5.74) is 13.7. The van der Waals surface area contributed by atoms with Gasteiger partial charge in [-0.05, 0) is 26.3 Å². The highest BCUT2D eigenvalue weighted by Gasteiger charge is 2.27. The van der Waals surface area contributed by atoms with E-state index >= 15 is 0 Å². The van der Waals surface area contributed by atoms with Gasteiger partial charge in [0.25, 0.3) is 0 Å². The van der Waals surface area contributed by atoms with Crippen LogP contribution >= 0.6 is 0 Å². The van der Waals surface area contributed by atoms with Crippen molar-refractivity contribution in [3.63, 3.8) is 0 Å². The standard InChI is InChI=1S/C28H25N17O4/c1-12-15(7-29)25(44-23(30)21(13(2)40-44)36-38-26-16(18(48)10-46)8-33-42(26)5)35-28(20(12)32-4)45-24(31)22(14(3)41-45)37-39-27-17(19(49)11-47)9-34-43(27)6/h8-10,47H,11,30-31H2,1-3,5-6H3. The number of nitrogens with zero attached hydrogens (tertiary/aromatic N) is 15. The third-order valence-corrected chi connectivity index (χ3v) is 7.25. The van der Waals surface area contributed by atoms with Crippen LogP contribution in [0.1, 0.15) is 43.2 Å². The predicted octanol–water partition coefficient (Wildman–Crippen LogP) is 2.82. The zero-order valence-corrected chi connectivity index (χ0v) is 26.5. The van der Waals surface area contributed by atoms with E-state index in [1.165, 1.54) is 42.8 Å². The lowest BCUT2D eigenvalue weighted by Gasteiger charge is -2.14. The molecular formula is C28H25N17O4. The van der Waals surface area contributed by atoms with Gasteiger partial charge in [-0.2, -0.15) is 30.3 Å². The zero-order valence-electron chi connectivity index (χ0n) is 26.5. The summed E-state index contributed by atoms with van der Waals surface area (Å²) in [5, 5.41) is 52.7. The molecule has 0 aliphatic rings. The minimum atomic E-state index is -0.843. The monoisotopic (exact) mass is 663 g/mol. The highest BCUT2D eigenvalue weighted by atomic mass is 16.3. The number of nitriles is 1. The molecule has 0 radical (unpaired) electrons. The first-order chi connectivity index (χ1) is 23.4.